The molecule has 2 heterocycles. The highest BCUT2D eigenvalue weighted by Crippen LogP contribution is 2.38. The summed E-state index contributed by atoms with van der Waals surface area (Å²) in [6, 6.07) is 7.04. The Morgan fingerprint density at radius 2 is 1.81 bits per heavy atom. The molecular formula is C23H27ClN4O4. The maximum absolute atomic E-state index is 13.0. The zero-order valence-corrected chi connectivity index (χ0v) is 19.0. The van der Waals surface area contributed by atoms with Gasteiger partial charge in [-0.25, -0.2) is 0 Å². The molecule has 1 aliphatic heterocycles. The summed E-state index contributed by atoms with van der Waals surface area (Å²) in [6.45, 7) is 4.04. The summed E-state index contributed by atoms with van der Waals surface area (Å²) >= 11 is 6.19. The van der Waals surface area contributed by atoms with E-state index in [-0.39, 0.29) is 61.0 Å². The van der Waals surface area contributed by atoms with Gasteiger partial charge in [0, 0.05) is 19.0 Å². The van der Waals surface area contributed by atoms with E-state index in [0.29, 0.717) is 16.5 Å². The van der Waals surface area contributed by atoms with Crippen molar-refractivity contribution in [2.24, 2.45) is 11.8 Å². The first kappa shape index (κ1) is 22.5. The second kappa shape index (κ2) is 9.40. The predicted molar refractivity (Wildman–Crippen MR) is 117 cm³/mol. The van der Waals surface area contributed by atoms with Crippen molar-refractivity contribution in [3.63, 3.8) is 0 Å². The molecule has 2 aromatic rings. The van der Waals surface area contributed by atoms with Crippen LogP contribution in [0.2, 0.25) is 5.02 Å². The van der Waals surface area contributed by atoms with E-state index >= 15 is 0 Å². The van der Waals surface area contributed by atoms with E-state index < -0.39 is 0 Å². The van der Waals surface area contributed by atoms with E-state index in [1.54, 1.807) is 17.0 Å². The molecule has 1 aromatic carbocycles. The molecule has 1 saturated heterocycles. The summed E-state index contributed by atoms with van der Waals surface area (Å²) < 4.78 is 5.74. The van der Waals surface area contributed by atoms with Gasteiger partial charge in [0.25, 0.3) is 0 Å². The Hall–Kier alpha value is -2.74. The van der Waals surface area contributed by atoms with Crippen LogP contribution >= 0.6 is 11.6 Å². The number of hydrogen-bond acceptors (Lipinski definition) is 6. The first-order chi connectivity index (χ1) is 15.4. The van der Waals surface area contributed by atoms with Crippen LogP contribution in [0.4, 0.5) is 0 Å². The van der Waals surface area contributed by atoms with Gasteiger partial charge in [-0.1, -0.05) is 36.6 Å². The van der Waals surface area contributed by atoms with Gasteiger partial charge >= 0.3 is 0 Å². The first-order valence-corrected chi connectivity index (χ1v) is 11.5. The molecule has 0 N–H and O–H groups in total. The van der Waals surface area contributed by atoms with E-state index in [1.807, 2.05) is 26.0 Å². The Balaban J connectivity index is 1.40. The smallest absolute Gasteiger partial charge is 0.249 e. The van der Waals surface area contributed by atoms with Crippen LogP contribution in [0.15, 0.2) is 28.7 Å². The summed E-state index contributed by atoms with van der Waals surface area (Å²) in [5, 5.41) is 8.61. The number of benzene rings is 1. The summed E-state index contributed by atoms with van der Waals surface area (Å²) in [5.41, 5.74) is 0.628. The lowest BCUT2D eigenvalue weighted by atomic mass is 9.81. The molecule has 2 fully saturated rings. The largest absolute Gasteiger partial charge is 0.419 e. The minimum atomic E-state index is -0.200. The number of aromatic nitrogens is 2. The van der Waals surface area contributed by atoms with Gasteiger partial charge in [-0.05, 0) is 38.8 Å². The van der Waals surface area contributed by atoms with Crippen LogP contribution < -0.4 is 0 Å². The number of nitrogens with zero attached hydrogens (tertiary/aromatic N) is 4. The van der Waals surface area contributed by atoms with Gasteiger partial charge in [0.1, 0.15) is 0 Å². The van der Waals surface area contributed by atoms with Gasteiger partial charge in [0.05, 0.1) is 29.0 Å². The molecule has 9 heteroatoms. The highest BCUT2D eigenvalue weighted by Gasteiger charge is 2.47. The standard InChI is InChI=1S/C23H27ClN4O4/c1-14(2)28(13-19-25-26-21(32-19)17-9-5-6-10-18(17)24)20(29)11-12-27-22(30)15-7-3-4-8-16(15)23(27)31/h5-6,9-10,14-16H,3-4,7-8,11-13H2,1-2H3. The van der Waals surface area contributed by atoms with E-state index in [2.05, 4.69) is 10.2 Å². The monoisotopic (exact) mass is 458 g/mol. The molecule has 0 spiro atoms. The van der Waals surface area contributed by atoms with Crippen molar-refractivity contribution >= 4 is 29.3 Å². The fourth-order valence-corrected chi connectivity index (χ4v) is 4.78. The lowest BCUT2D eigenvalue weighted by Gasteiger charge is -2.26. The molecule has 32 heavy (non-hydrogen) atoms. The fourth-order valence-electron chi connectivity index (χ4n) is 4.57. The average Bonchev–Trinajstić information content (AvgIpc) is 3.34. The van der Waals surface area contributed by atoms with Crippen molar-refractivity contribution in [1.29, 1.82) is 0 Å². The molecule has 0 bridgehead atoms. The molecule has 3 amide bonds. The zero-order chi connectivity index (χ0) is 22.8. The van der Waals surface area contributed by atoms with Crippen LogP contribution in [0.1, 0.15) is 51.8 Å². The Morgan fingerprint density at radius 1 is 1.16 bits per heavy atom. The lowest BCUT2D eigenvalue weighted by molar-refractivity contribution is -0.141. The summed E-state index contributed by atoms with van der Waals surface area (Å²) in [6.07, 6.45) is 3.56. The maximum Gasteiger partial charge on any atom is 0.249 e. The highest BCUT2D eigenvalue weighted by molar-refractivity contribution is 6.33. The minimum Gasteiger partial charge on any atom is -0.419 e. The summed E-state index contributed by atoms with van der Waals surface area (Å²) in [5.74, 6) is -0.231. The Morgan fingerprint density at radius 3 is 2.44 bits per heavy atom. The number of amides is 3. The zero-order valence-electron chi connectivity index (χ0n) is 18.3. The van der Waals surface area contributed by atoms with E-state index in [1.165, 1.54) is 4.90 Å². The van der Waals surface area contributed by atoms with E-state index in [4.69, 9.17) is 16.0 Å². The quantitative estimate of drug-likeness (QED) is 0.587. The lowest BCUT2D eigenvalue weighted by Crippen LogP contribution is -2.40. The van der Waals surface area contributed by atoms with Crippen LogP contribution in [0.3, 0.4) is 0 Å². The average molecular weight is 459 g/mol. The Bertz CT molecular complexity index is 997. The number of hydrogen-bond donors (Lipinski definition) is 0. The van der Waals surface area contributed by atoms with Crippen molar-refractivity contribution in [2.75, 3.05) is 6.54 Å². The molecule has 1 aromatic heterocycles. The highest BCUT2D eigenvalue weighted by atomic mass is 35.5. The first-order valence-electron chi connectivity index (χ1n) is 11.1. The third-order valence-corrected chi connectivity index (χ3v) is 6.63. The van der Waals surface area contributed by atoms with Crippen LogP contribution in [-0.2, 0) is 20.9 Å². The second-order valence-corrected chi connectivity index (χ2v) is 9.08. The molecule has 2 aliphatic rings. The topological polar surface area (TPSA) is 96.6 Å². The van der Waals surface area contributed by atoms with Crippen LogP contribution in [-0.4, -0.2) is 50.3 Å². The number of carbonyl (C=O) groups is 3. The van der Waals surface area contributed by atoms with Crippen molar-refractivity contribution in [2.45, 2.75) is 58.5 Å². The Kier molecular flexibility index (Phi) is 6.60. The van der Waals surface area contributed by atoms with Crippen molar-refractivity contribution < 1.29 is 18.8 Å². The molecule has 0 radical (unpaired) electrons. The predicted octanol–water partition coefficient (Wildman–Crippen LogP) is 3.69. The van der Waals surface area contributed by atoms with Gasteiger partial charge < -0.3 is 9.32 Å². The molecule has 1 saturated carbocycles. The molecule has 4 rings (SSSR count). The third kappa shape index (κ3) is 4.41. The van der Waals surface area contributed by atoms with Crippen LogP contribution in [0, 0.1) is 11.8 Å². The summed E-state index contributed by atoms with van der Waals surface area (Å²) in [4.78, 5) is 41.2. The third-order valence-electron chi connectivity index (χ3n) is 6.30. The SMILES string of the molecule is CC(C)N(Cc1nnc(-c2ccccc2Cl)o1)C(=O)CCN1C(=O)C2CCCCC2C1=O. The molecular weight excluding hydrogens is 432 g/mol. The van der Waals surface area contributed by atoms with Crippen molar-refractivity contribution in [3.8, 4) is 11.5 Å². The molecule has 170 valence electrons. The molecule has 2 atom stereocenters. The number of rotatable bonds is 7. The number of imide groups is 1. The van der Waals surface area contributed by atoms with Gasteiger partial charge in [-0.15, -0.1) is 10.2 Å². The number of fused-ring (bicyclic) bond motifs is 1. The number of halogens is 1. The van der Waals surface area contributed by atoms with Gasteiger partial charge in [-0.2, -0.15) is 0 Å². The van der Waals surface area contributed by atoms with Crippen LogP contribution in [0.5, 0.6) is 0 Å². The van der Waals surface area contributed by atoms with Gasteiger partial charge in [0.2, 0.25) is 29.5 Å². The number of carbonyl (C=O) groups excluding carboxylic acids is 3. The normalized spacial score (nSPS) is 20.7. The molecule has 1 aliphatic carbocycles. The van der Waals surface area contributed by atoms with Gasteiger partial charge in [-0.3, -0.25) is 19.3 Å². The number of likely N-dealkylation sites (tertiary alicyclic amines) is 1. The van der Waals surface area contributed by atoms with E-state index in [0.717, 1.165) is 25.7 Å². The Labute approximate surface area is 191 Å². The second-order valence-electron chi connectivity index (χ2n) is 8.67. The maximum atomic E-state index is 13.0. The minimum absolute atomic E-state index is 0.0700. The van der Waals surface area contributed by atoms with Crippen LogP contribution in [0.25, 0.3) is 11.5 Å². The summed E-state index contributed by atoms with van der Waals surface area (Å²) in [7, 11) is 0. The molecule has 2 unspecified atom stereocenters. The van der Waals surface area contributed by atoms with Crippen molar-refractivity contribution in [1.82, 2.24) is 20.0 Å². The molecule has 8 nitrogen and oxygen atoms in total. The van der Waals surface area contributed by atoms with E-state index in [9.17, 15) is 14.4 Å². The van der Waals surface area contributed by atoms with Gasteiger partial charge in [0.15, 0.2) is 0 Å². The fraction of sp³-hybridized carbons (Fsp3) is 0.522. The van der Waals surface area contributed by atoms with Crippen molar-refractivity contribution in [3.05, 3.63) is 35.2 Å².